The van der Waals surface area contributed by atoms with E-state index in [1.165, 1.54) is 26.4 Å². The van der Waals surface area contributed by atoms with E-state index in [4.69, 9.17) is 9.47 Å². The fraction of sp³-hybridized carbons (Fsp3) is 0.600. The number of hydrogen-bond acceptors (Lipinski definition) is 5. The lowest BCUT2D eigenvalue weighted by Crippen LogP contribution is -2.42. The Bertz CT molecular complexity index is 588. The van der Waals surface area contributed by atoms with Gasteiger partial charge in [0.1, 0.15) is 11.5 Å². The first-order valence-electron chi connectivity index (χ1n) is 7.32. The normalized spacial score (nSPS) is 18.0. The van der Waals surface area contributed by atoms with Gasteiger partial charge in [-0.2, -0.15) is 0 Å². The van der Waals surface area contributed by atoms with Crippen LogP contribution < -0.4 is 19.5 Å². The summed E-state index contributed by atoms with van der Waals surface area (Å²) >= 11 is 0. The molecular formula is C15H24N2O4S. The number of hydrogen-bond donors (Lipinski definition) is 2. The number of sulfonamides is 1. The number of ether oxygens (including phenoxy) is 2. The van der Waals surface area contributed by atoms with Crippen molar-refractivity contribution in [3.05, 3.63) is 18.2 Å². The first kappa shape index (κ1) is 17.1. The second-order valence-electron chi connectivity index (χ2n) is 5.93. The summed E-state index contributed by atoms with van der Waals surface area (Å²) in [6.45, 7) is 4.38. The van der Waals surface area contributed by atoms with Gasteiger partial charge in [0.25, 0.3) is 0 Å². The lowest BCUT2D eigenvalue weighted by Gasteiger charge is -2.34. The Balaban J connectivity index is 2.16. The number of piperidine rings is 1. The lowest BCUT2D eigenvalue weighted by molar-refractivity contribution is 0.232. The van der Waals surface area contributed by atoms with Crippen LogP contribution in [0, 0.1) is 5.41 Å². The molecule has 6 nitrogen and oxygen atoms in total. The minimum atomic E-state index is -3.59. The summed E-state index contributed by atoms with van der Waals surface area (Å²) in [6, 6.07) is 4.64. The zero-order valence-electron chi connectivity index (χ0n) is 13.3. The topological polar surface area (TPSA) is 76.7 Å². The summed E-state index contributed by atoms with van der Waals surface area (Å²) < 4.78 is 38.0. The molecule has 0 spiro atoms. The molecule has 0 atom stereocenters. The van der Waals surface area contributed by atoms with E-state index in [0.717, 1.165) is 25.9 Å². The Morgan fingerprint density at radius 1 is 1.14 bits per heavy atom. The second-order valence-corrected chi connectivity index (χ2v) is 7.70. The highest BCUT2D eigenvalue weighted by molar-refractivity contribution is 7.89. The molecule has 1 heterocycles. The standard InChI is InChI=1S/C15H24N2O4S/c1-15(4-6-16-7-5-15)11-17-22(18,19)14-9-12(20-2)8-13(10-14)21-3/h8-10,16-17H,4-7,11H2,1-3H3. The molecule has 0 aromatic heterocycles. The summed E-state index contributed by atoms with van der Waals surface area (Å²) in [5.74, 6) is 0.903. The zero-order valence-corrected chi connectivity index (χ0v) is 14.1. The molecule has 0 radical (unpaired) electrons. The van der Waals surface area contributed by atoms with Crippen molar-refractivity contribution in [2.75, 3.05) is 33.9 Å². The van der Waals surface area contributed by atoms with Crippen molar-refractivity contribution < 1.29 is 17.9 Å². The van der Waals surface area contributed by atoms with Crippen molar-refractivity contribution in [2.45, 2.75) is 24.7 Å². The van der Waals surface area contributed by atoms with Crippen molar-refractivity contribution >= 4 is 10.0 Å². The minimum Gasteiger partial charge on any atom is -0.497 e. The Morgan fingerprint density at radius 2 is 1.68 bits per heavy atom. The number of nitrogens with one attached hydrogen (secondary N) is 2. The summed E-state index contributed by atoms with van der Waals surface area (Å²) in [7, 11) is -0.604. The van der Waals surface area contributed by atoms with Crippen LogP contribution in [0.15, 0.2) is 23.1 Å². The minimum absolute atomic E-state index is 0.0126. The van der Waals surface area contributed by atoms with Crippen LogP contribution in [-0.2, 0) is 10.0 Å². The highest BCUT2D eigenvalue weighted by Gasteiger charge is 2.29. The summed E-state index contributed by atoms with van der Waals surface area (Å²) in [5.41, 5.74) is -0.0126. The maximum Gasteiger partial charge on any atom is 0.240 e. The summed E-state index contributed by atoms with van der Waals surface area (Å²) in [5, 5.41) is 3.29. The zero-order chi connectivity index (χ0) is 16.2. The number of methoxy groups -OCH3 is 2. The maximum absolute atomic E-state index is 12.5. The van der Waals surface area contributed by atoms with E-state index in [0.29, 0.717) is 18.0 Å². The van der Waals surface area contributed by atoms with Crippen molar-refractivity contribution in [1.29, 1.82) is 0 Å². The van der Waals surface area contributed by atoms with E-state index in [2.05, 4.69) is 17.0 Å². The van der Waals surface area contributed by atoms with Gasteiger partial charge in [-0.1, -0.05) is 6.92 Å². The molecule has 1 aromatic carbocycles. The van der Waals surface area contributed by atoms with E-state index in [-0.39, 0.29) is 10.3 Å². The largest absolute Gasteiger partial charge is 0.497 e. The van der Waals surface area contributed by atoms with Gasteiger partial charge in [-0.3, -0.25) is 0 Å². The highest BCUT2D eigenvalue weighted by atomic mass is 32.2. The van der Waals surface area contributed by atoms with E-state index in [1.54, 1.807) is 6.07 Å². The fourth-order valence-electron chi connectivity index (χ4n) is 2.50. The Hall–Kier alpha value is -1.31. The monoisotopic (exact) mass is 328 g/mol. The van der Waals surface area contributed by atoms with Crippen LogP contribution in [0.25, 0.3) is 0 Å². The highest BCUT2D eigenvalue weighted by Crippen LogP contribution is 2.29. The Kier molecular flexibility index (Phi) is 5.31. The predicted molar refractivity (Wildman–Crippen MR) is 84.9 cm³/mol. The Morgan fingerprint density at radius 3 is 2.18 bits per heavy atom. The third-order valence-corrected chi connectivity index (χ3v) is 5.52. The van der Waals surface area contributed by atoms with Crippen LogP contribution in [0.2, 0.25) is 0 Å². The van der Waals surface area contributed by atoms with E-state index in [9.17, 15) is 8.42 Å². The molecule has 0 amide bonds. The number of benzene rings is 1. The molecule has 22 heavy (non-hydrogen) atoms. The number of rotatable bonds is 6. The molecular weight excluding hydrogens is 304 g/mol. The molecule has 0 unspecified atom stereocenters. The molecule has 0 bridgehead atoms. The van der Waals surface area contributed by atoms with E-state index >= 15 is 0 Å². The molecule has 2 N–H and O–H groups in total. The fourth-order valence-corrected chi connectivity index (χ4v) is 3.74. The molecule has 0 saturated carbocycles. The molecule has 1 aliphatic rings. The van der Waals surface area contributed by atoms with Crippen molar-refractivity contribution in [3.63, 3.8) is 0 Å². The summed E-state index contributed by atoms with van der Waals surface area (Å²) in [6.07, 6.45) is 1.91. The average Bonchev–Trinajstić information content (AvgIpc) is 2.53. The van der Waals surface area contributed by atoms with Gasteiger partial charge in [0.15, 0.2) is 0 Å². The van der Waals surface area contributed by atoms with Gasteiger partial charge in [-0.05, 0) is 31.3 Å². The lowest BCUT2D eigenvalue weighted by atomic mass is 9.81. The van der Waals surface area contributed by atoms with Crippen molar-refractivity contribution in [2.24, 2.45) is 5.41 Å². The molecule has 0 aliphatic carbocycles. The predicted octanol–water partition coefficient (Wildman–Crippen LogP) is 1.37. The van der Waals surface area contributed by atoms with Crippen LogP contribution in [0.5, 0.6) is 11.5 Å². The van der Waals surface area contributed by atoms with Gasteiger partial charge >= 0.3 is 0 Å². The molecule has 124 valence electrons. The first-order valence-corrected chi connectivity index (χ1v) is 8.80. The average molecular weight is 328 g/mol. The van der Waals surface area contributed by atoms with Crippen molar-refractivity contribution in [3.8, 4) is 11.5 Å². The van der Waals surface area contributed by atoms with Gasteiger partial charge in [0.05, 0.1) is 19.1 Å². The van der Waals surface area contributed by atoms with Crippen LogP contribution >= 0.6 is 0 Å². The first-order chi connectivity index (χ1) is 10.4. The SMILES string of the molecule is COc1cc(OC)cc(S(=O)(=O)NCC2(C)CCNCC2)c1. The molecule has 1 aliphatic heterocycles. The molecule has 2 rings (SSSR count). The van der Waals surface area contributed by atoms with Gasteiger partial charge in [-0.25, -0.2) is 13.1 Å². The van der Waals surface area contributed by atoms with E-state index in [1.807, 2.05) is 0 Å². The van der Waals surface area contributed by atoms with Gasteiger partial charge in [0.2, 0.25) is 10.0 Å². The maximum atomic E-state index is 12.5. The molecule has 1 fully saturated rings. The summed E-state index contributed by atoms with van der Waals surface area (Å²) in [4.78, 5) is 0.154. The van der Waals surface area contributed by atoms with Crippen LogP contribution in [-0.4, -0.2) is 42.3 Å². The van der Waals surface area contributed by atoms with Crippen molar-refractivity contribution in [1.82, 2.24) is 10.0 Å². The molecule has 1 saturated heterocycles. The van der Waals surface area contributed by atoms with Gasteiger partial charge in [0, 0.05) is 24.7 Å². The smallest absolute Gasteiger partial charge is 0.240 e. The quantitative estimate of drug-likeness (QED) is 0.825. The third kappa shape index (κ3) is 4.12. The van der Waals surface area contributed by atoms with Gasteiger partial charge < -0.3 is 14.8 Å². The van der Waals surface area contributed by atoms with Gasteiger partial charge in [-0.15, -0.1) is 0 Å². The second kappa shape index (κ2) is 6.85. The molecule has 7 heteroatoms. The van der Waals surface area contributed by atoms with Crippen LogP contribution in [0.1, 0.15) is 19.8 Å². The third-order valence-electron chi connectivity index (χ3n) is 4.13. The van der Waals surface area contributed by atoms with Crippen LogP contribution in [0.4, 0.5) is 0 Å². The van der Waals surface area contributed by atoms with E-state index < -0.39 is 10.0 Å². The van der Waals surface area contributed by atoms with Crippen LogP contribution in [0.3, 0.4) is 0 Å². The Labute approximate surface area is 132 Å². The molecule has 1 aromatic rings.